The van der Waals surface area contributed by atoms with Crippen molar-refractivity contribution in [1.29, 1.82) is 0 Å². The summed E-state index contributed by atoms with van der Waals surface area (Å²) in [5.41, 5.74) is -0.226. The summed E-state index contributed by atoms with van der Waals surface area (Å²) in [6.07, 6.45) is 0.0812. The van der Waals surface area contributed by atoms with Crippen molar-refractivity contribution >= 4 is 39.3 Å². The SMILES string of the molecule is CC(C)(C)OC(=O)N1CCC(NS(=O)(=O)Cc2c(Cl)cccc2Cl)C1. The van der Waals surface area contributed by atoms with Gasteiger partial charge < -0.3 is 9.64 Å². The highest BCUT2D eigenvalue weighted by Gasteiger charge is 2.32. The van der Waals surface area contributed by atoms with Crippen molar-refractivity contribution in [1.82, 2.24) is 9.62 Å². The predicted octanol–water partition coefficient (Wildman–Crippen LogP) is 3.42. The number of nitrogens with one attached hydrogen (secondary N) is 1. The monoisotopic (exact) mass is 408 g/mol. The molecule has 0 bridgehead atoms. The van der Waals surface area contributed by atoms with E-state index in [4.69, 9.17) is 27.9 Å². The second kappa shape index (κ2) is 7.70. The Morgan fingerprint density at radius 1 is 1.32 bits per heavy atom. The minimum Gasteiger partial charge on any atom is -0.444 e. The van der Waals surface area contributed by atoms with Gasteiger partial charge in [-0.3, -0.25) is 0 Å². The van der Waals surface area contributed by atoms with E-state index in [0.717, 1.165) is 0 Å². The largest absolute Gasteiger partial charge is 0.444 e. The summed E-state index contributed by atoms with van der Waals surface area (Å²) in [6.45, 7) is 6.07. The number of benzene rings is 1. The first-order valence-corrected chi connectivity index (χ1v) is 10.3. The minimum atomic E-state index is -3.64. The van der Waals surface area contributed by atoms with Crippen LogP contribution < -0.4 is 4.72 Å². The quantitative estimate of drug-likeness (QED) is 0.827. The number of likely N-dealkylation sites (tertiary alicyclic amines) is 1. The lowest BCUT2D eigenvalue weighted by molar-refractivity contribution is 0.0292. The van der Waals surface area contributed by atoms with Gasteiger partial charge in [0.1, 0.15) is 5.60 Å². The van der Waals surface area contributed by atoms with Gasteiger partial charge in [0.2, 0.25) is 10.0 Å². The first-order chi connectivity index (χ1) is 11.5. The molecule has 1 aromatic rings. The lowest BCUT2D eigenvalue weighted by atomic mass is 10.2. The lowest BCUT2D eigenvalue weighted by Gasteiger charge is -2.24. The summed E-state index contributed by atoms with van der Waals surface area (Å²) in [5, 5.41) is 0.611. The number of rotatable bonds is 4. The second-order valence-electron chi connectivity index (χ2n) is 6.99. The summed E-state index contributed by atoms with van der Waals surface area (Å²) in [6, 6.07) is 4.49. The van der Waals surface area contributed by atoms with Crippen LogP contribution in [0.2, 0.25) is 10.0 Å². The van der Waals surface area contributed by atoms with E-state index >= 15 is 0 Å². The molecule has 2 rings (SSSR count). The summed E-state index contributed by atoms with van der Waals surface area (Å²) in [7, 11) is -3.64. The Kier molecular flexibility index (Phi) is 6.25. The molecule has 9 heteroatoms. The van der Waals surface area contributed by atoms with Crippen LogP contribution in [0, 0.1) is 0 Å². The van der Waals surface area contributed by atoms with Gasteiger partial charge in [-0.05, 0) is 39.3 Å². The van der Waals surface area contributed by atoms with Crippen molar-refractivity contribution in [3.8, 4) is 0 Å². The molecular weight excluding hydrogens is 387 g/mol. The van der Waals surface area contributed by atoms with Gasteiger partial charge in [0.25, 0.3) is 0 Å². The second-order valence-corrected chi connectivity index (χ2v) is 9.56. The predicted molar refractivity (Wildman–Crippen MR) is 98.4 cm³/mol. The number of halogens is 2. The van der Waals surface area contributed by atoms with E-state index in [1.807, 2.05) is 0 Å². The standard InChI is InChI=1S/C16H22Cl2N2O4S/c1-16(2,3)24-15(21)20-8-7-11(9-20)19-25(22,23)10-12-13(17)5-4-6-14(12)18/h4-6,11,19H,7-10H2,1-3H3. The van der Waals surface area contributed by atoms with E-state index in [-0.39, 0.29) is 18.3 Å². The molecule has 1 aliphatic rings. The molecule has 0 spiro atoms. The smallest absolute Gasteiger partial charge is 0.410 e. The Bertz CT molecular complexity index is 727. The maximum Gasteiger partial charge on any atom is 0.410 e. The molecule has 1 amide bonds. The fraction of sp³-hybridized carbons (Fsp3) is 0.562. The molecule has 1 aromatic carbocycles. The summed E-state index contributed by atoms with van der Waals surface area (Å²) >= 11 is 12.1. The Morgan fingerprint density at radius 3 is 2.48 bits per heavy atom. The molecule has 1 N–H and O–H groups in total. The van der Waals surface area contributed by atoms with Gasteiger partial charge in [0.15, 0.2) is 0 Å². The topological polar surface area (TPSA) is 75.7 Å². The van der Waals surface area contributed by atoms with Gasteiger partial charge in [-0.1, -0.05) is 29.3 Å². The first-order valence-electron chi connectivity index (χ1n) is 7.88. The number of amides is 1. The number of nitrogens with zero attached hydrogens (tertiary/aromatic N) is 1. The van der Waals surface area contributed by atoms with E-state index in [0.29, 0.717) is 28.6 Å². The maximum absolute atomic E-state index is 12.4. The molecular formula is C16H22Cl2N2O4S. The van der Waals surface area contributed by atoms with Crippen molar-refractivity contribution in [3.05, 3.63) is 33.8 Å². The highest BCUT2D eigenvalue weighted by molar-refractivity contribution is 7.88. The van der Waals surface area contributed by atoms with Crippen molar-refractivity contribution in [2.24, 2.45) is 0 Å². The van der Waals surface area contributed by atoms with Crippen LogP contribution >= 0.6 is 23.2 Å². The van der Waals surface area contributed by atoms with E-state index in [1.165, 1.54) is 4.90 Å². The van der Waals surface area contributed by atoms with E-state index < -0.39 is 21.7 Å². The third-order valence-corrected chi connectivity index (χ3v) is 5.65. The molecule has 0 radical (unpaired) electrons. The number of carbonyl (C=O) groups excluding carboxylic acids is 1. The van der Waals surface area contributed by atoms with Crippen LogP contribution in [0.5, 0.6) is 0 Å². The third-order valence-electron chi connectivity index (χ3n) is 3.58. The molecule has 1 fully saturated rings. The Labute approximate surface area is 158 Å². The van der Waals surface area contributed by atoms with Gasteiger partial charge >= 0.3 is 6.09 Å². The minimum absolute atomic E-state index is 0.268. The highest BCUT2D eigenvalue weighted by Crippen LogP contribution is 2.26. The molecule has 1 heterocycles. The lowest BCUT2D eigenvalue weighted by Crippen LogP contribution is -2.40. The van der Waals surface area contributed by atoms with Gasteiger partial charge in [-0.2, -0.15) is 0 Å². The van der Waals surface area contributed by atoms with Crippen LogP contribution in [0.25, 0.3) is 0 Å². The Balaban J connectivity index is 1.97. The fourth-order valence-electron chi connectivity index (χ4n) is 2.50. The van der Waals surface area contributed by atoms with Crippen molar-refractivity contribution < 1.29 is 17.9 Å². The number of ether oxygens (including phenoxy) is 1. The molecule has 1 atom stereocenters. The van der Waals surface area contributed by atoms with Crippen LogP contribution in [0.1, 0.15) is 32.8 Å². The molecule has 0 aromatic heterocycles. The Morgan fingerprint density at radius 2 is 1.92 bits per heavy atom. The van der Waals surface area contributed by atoms with E-state index in [2.05, 4.69) is 4.72 Å². The third kappa shape index (κ3) is 6.02. The Hall–Kier alpha value is -1.02. The highest BCUT2D eigenvalue weighted by atomic mass is 35.5. The number of hydrogen-bond acceptors (Lipinski definition) is 4. The molecule has 140 valence electrons. The van der Waals surface area contributed by atoms with Crippen LogP contribution in [-0.2, 0) is 20.5 Å². The van der Waals surface area contributed by atoms with Crippen LogP contribution in [0.15, 0.2) is 18.2 Å². The average Bonchev–Trinajstić information content (AvgIpc) is 2.89. The van der Waals surface area contributed by atoms with Crippen LogP contribution in [-0.4, -0.2) is 44.1 Å². The summed E-state index contributed by atoms with van der Waals surface area (Å²) in [4.78, 5) is 13.5. The zero-order valence-electron chi connectivity index (χ0n) is 14.4. The molecule has 1 aliphatic heterocycles. The first kappa shape index (κ1) is 20.3. The summed E-state index contributed by atoms with van der Waals surface area (Å²) in [5.74, 6) is -0.311. The average molecular weight is 409 g/mol. The van der Waals surface area contributed by atoms with E-state index in [1.54, 1.807) is 39.0 Å². The van der Waals surface area contributed by atoms with Crippen molar-refractivity contribution in [3.63, 3.8) is 0 Å². The van der Waals surface area contributed by atoms with Gasteiger partial charge in [-0.25, -0.2) is 17.9 Å². The zero-order chi connectivity index (χ0) is 18.8. The van der Waals surface area contributed by atoms with Gasteiger partial charge in [0.05, 0.1) is 5.75 Å². The van der Waals surface area contributed by atoms with Crippen LogP contribution in [0.4, 0.5) is 4.79 Å². The zero-order valence-corrected chi connectivity index (χ0v) is 16.7. The van der Waals surface area contributed by atoms with Crippen LogP contribution in [0.3, 0.4) is 0 Å². The van der Waals surface area contributed by atoms with Gasteiger partial charge in [-0.15, -0.1) is 0 Å². The number of hydrogen-bond donors (Lipinski definition) is 1. The molecule has 1 unspecified atom stereocenters. The molecule has 0 saturated carbocycles. The van der Waals surface area contributed by atoms with Crippen molar-refractivity contribution in [2.45, 2.75) is 44.6 Å². The number of carbonyl (C=O) groups is 1. The molecule has 0 aliphatic carbocycles. The molecule has 25 heavy (non-hydrogen) atoms. The van der Waals surface area contributed by atoms with Crippen molar-refractivity contribution in [2.75, 3.05) is 13.1 Å². The van der Waals surface area contributed by atoms with E-state index in [9.17, 15) is 13.2 Å². The van der Waals surface area contributed by atoms with Gasteiger partial charge in [0, 0.05) is 34.7 Å². The molecule has 6 nitrogen and oxygen atoms in total. The maximum atomic E-state index is 12.4. The number of sulfonamides is 1. The fourth-order valence-corrected chi connectivity index (χ4v) is 4.67. The molecule has 1 saturated heterocycles. The summed E-state index contributed by atoms with van der Waals surface area (Å²) < 4.78 is 32.7. The normalized spacial score (nSPS) is 18.4.